The molecule has 1 aliphatic heterocycles. The fourth-order valence-corrected chi connectivity index (χ4v) is 3.63. The summed E-state index contributed by atoms with van der Waals surface area (Å²) in [7, 11) is -4.26. The van der Waals surface area contributed by atoms with Crippen molar-refractivity contribution in [1.82, 2.24) is 0 Å². The second kappa shape index (κ2) is 6.58. The maximum Gasteiger partial charge on any atom is 0.416 e. The summed E-state index contributed by atoms with van der Waals surface area (Å²) < 4.78 is 76.6. The minimum absolute atomic E-state index is 0.0406. The zero-order valence-corrected chi connectivity index (χ0v) is 14.6. The summed E-state index contributed by atoms with van der Waals surface area (Å²) in [5.41, 5.74) is -1.50. The van der Waals surface area contributed by atoms with E-state index in [1.165, 1.54) is 24.4 Å². The number of aliphatic imine (C=N–C) groups is 1. The van der Waals surface area contributed by atoms with E-state index in [0.29, 0.717) is 0 Å². The number of allylic oxidation sites excluding steroid dienone is 1. The first-order chi connectivity index (χ1) is 12.5. The number of nitrogens with zero attached hydrogens (tertiary/aromatic N) is 1. The van der Waals surface area contributed by atoms with Crippen molar-refractivity contribution in [1.29, 1.82) is 0 Å². The Labute approximate surface area is 153 Å². The Balaban J connectivity index is 2.20. The molecule has 9 heteroatoms. The lowest BCUT2D eigenvalue weighted by Crippen LogP contribution is -2.31. The van der Waals surface area contributed by atoms with Crippen molar-refractivity contribution < 1.29 is 26.0 Å². The number of sulfonamides is 1. The van der Waals surface area contributed by atoms with Crippen molar-refractivity contribution in [3.05, 3.63) is 77.1 Å². The highest BCUT2D eigenvalue weighted by molar-refractivity contribution is 7.89. The molecule has 0 fully saturated rings. The van der Waals surface area contributed by atoms with Gasteiger partial charge in [0.05, 0.1) is 17.5 Å². The van der Waals surface area contributed by atoms with E-state index in [1.807, 2.05) is 0 Å². The molecule has 142 valence electrons. The quantitative estimate of drug-likeness (QED) is 0.805. The standard InChI is InChI=1S/C18H14F4N2O2S/c19-15-10-13(5-6-16(15)27(23,25)26)17(7-2-8-24-11-17)12-3-1-4-14(9-12)18(20,21)22/h1-10H,11H2,(H2,23,25,26). The predicted molar refractivity (Wildman–Crippen MR) is 92.5 cm³/mol. The zero-order chi connectivity index (χ0) is 19.9. The molecule has 2 N–H and O–H groups in total. The van der Waals surface area contributed by atoms with Crippen LogP contribution in [0.3, 0.4) is 0 Å². The minimum atomic E-state index is -4.54. The van der Waals surface area contributed by atoms with Crippen LogP contribution in [0, 0.1) is 5.82 Å². The second-order valence-electron chi connectivity index (χ2n) is 6.09. The molecule has 0 saturated carbocycles. The van der Waals surface area contributed by atoms with Crippen molar-refractivity contribution in [3.8, 4) is 0 Å². The van der Waals surface area contributed by atoms with Gasteiger partial charge in [-0.2, -0.15) is 13.2 Å². The zero-order valence-electron chi connectivity index (χ0n) is 13.7. The SMILES string of the molecule is NS(=O)(=O)c1ccc(C2(c3cccc(C(F)(F)F)c3)C=CC=NC2)cc1F. The lowest BCUT2D eigenvalue weighted by molar-refractivity contribution is -0.137. The van der Waals surface area contributed by atoms with Gasteiger partial charge in [-0.05, 0) is 35.4 Å². The van der Waals surface area contributed by atoms with Crippen LogP contribution in [0.15, 0.2) is 64.5 Å². The molecular weight excluding hydrogens is 384 g/mol. The number of halogens is 4. The van der Waals surface area contributed by atoms with Crippen molar-refractivity contribution in [3.63, 3.8) is 0 Å². The molecule has 2 aromatic rings. The van der Waals surface area contributed by atoms with E-state index in [-0.39, 0.29) is 17.7 Å². The van der Waals surface area contributed by atoms with Gasteiger partial charge in [-0.15, -0.1) is 0 Å². The van der Waals surface area contributed by atoms with Gasteiger partial charge in [-0.3, -0.25) is 4.99 Å². The Morgan fingerprint density at radius 2 is 1.78 bits per heavy atom. The molecule has 0 bridgehead atoms. The summed E-state index contributed by atoms with van der Waals surface area (Å²) >= 11 is 0. The summed E-state index contributed by atoms with van der Waals surface area (Å²) in [4.78, 5) is 3.43. The van der Waals surface area contributed by atoms with Crippen molar-refractivity contribution in [2.75, 3.05) is 6.54 Å². The average molecular weight is 398 g/mol. The smallest absolute Gasteiger partial charge is 0.292 e. The van der Waals surface area contributed by atoms with E-state index in [2.05, 4.69) is 4.99 Å². The Bertz CT molecular complexity index is 1050. The first-order valence-corrected chi connectivity index (χ1v) is 9.27. The maximum atomic E-state index is 14.4. The molecule has 0 aliphatic carbocycles. The topological polar surface area (TPSA) is 72.5 Å². The number of rotatable bonds is 3. The summed E-state index contributed by atoms with van der Waals surface area (Å²) in [6.07, 6.45) is 0.110. The van der Waals surface area contributed by atoms with Crippen LogP contribution in [0.2, 0.25) is 0 Å². The Kier molecular flexibility index (Phi) is 4.69. The normalized spacial score (nSPS) is 20.0. The molecule has 0 amide bonds. The van der Waals surface area contributed by atoms with E-state index in [4.69, 9.17) is 5.14 Å². The number of alkyl halides is 3. The highest BCUT2D eigenvalue weighted by atomic mass is 32.2. The number of hydrogen-bond donors (Lipinski definition) is 1. The molecule has 1 heterocycles. The van der Waals surface area contributed by atoms with E-state index in [0.717, 1.165) is 24.3 Å². The van der Waals surface area contributed by atoms with Crippen LogP contribution in [0.4, 0.5) is 17.6 Å². The molecule has 1 atom stereocenters. The Morgan fingerprint density at radius 3 is 2.33 bits per heavy atom. The third-order valence-corrected chi connectivity index (χ3v) is 5.32. The molecule has 1 unspecified atom stereocenters. The third kappa shape index (κ3) is 3.65. The lowest BCUT2D eigenvalue weighted by Gasteiger charge is -2.32. The highest BCUT2D eigenvalue weighted by Gasteiger charge is 2.37. The van der Waals surface area contributed by atoms with Gasteiger partial charge in [-0.25, -0.2) is 17.9 Å². The van der Waals surface area contributed by atoms with E-state index < -0.39 is 37.9 Å². The van der Waals surface area contributed by atoms with Crippen LogP contribution in [0.5, 0.6) is 0 Å². The van der Waals surface area contributed by atoms with Crippen molar-refractivity contribution in [2.45, 2.75) is 16.5 Å². The monoisotopic (exact) mass is 398 g/mol. The molecular formula is C18H14F4N2O2S. The van der Waals surface area contributed by atoms with Crippen molar-refractivity contribution in [2.24, 2.45) is 10.1 Å². The highest BCUT2D eigenvalue weighted by Crippen LogP contribution is 2.39. The molecule has 1 aliphatic rings. The van der Waals surface area contributed by atoms with Gasteiger partial charge >= 0.3 is 6.18 Å². The van der Waals surface area contributed by atoms with Crippen LogP contribution in [-0.4, -0.2) is 21.2 Å². The van der Waals surface area contributed by atoms with Gasteiger partial charge in [0.25, 0.3) is 0 Å². The van der Waals surface area contributed by atoms with Gasteiger partial charge in [-0.1, -0.05) is 30.3 Å². The van der Waals surface area contributed by atoms with Gasteiger partial charge < -0.3 is 0 Å². The molecule has 0 spiro atoms. The van der Waals surface area contributed by atoms with Gasteiger partial charge in [0, 0.05) is 6.21 Å². The van der Waals surface area contributed by atoms with Gasteiger partial charge in [0.2, 0.25) is 10.0 Å². The Hall–Kier alpha value is -2.52. The molecule has 3 rings (SSSR count). The van der Waals surface area contributed by atoms with Gasteiger partial charge in [0.15, 0.2) is 0 Å². The summed E-state index contributed by atoms with van der Waals surface area (Å²) in [5.74, 6) is -1.08. The average Bonchev–Trinajstić information content (AvgIpc) is 2.60. The van der Waals surface area contributed by atoms with E-state index in [1.54, 1.807) is 12.2 Å². The summed E-state index contributed by atoms with van der Waals surface area (Å²) in [5, 5.41) is 4.97. The second-order valence-corrected chi connectivity index (χ2v) is 7.62. The van der Waals surface area contributed by atoms with Gasteiger partial charge in [0.1, 0.15) is 10.7 Å². The fourth-order valence-electron chi connectivity index (χ4n) is 3.04. The molecule has 0 radical (unpaired) electrons. The first kappa shape index (κ1) is 19.2. The number of primary sulfonamides is 1. The summed E-state index contributed by atoms with van der Waals surface area (Å²) in [6, 6.07) is 7.97. The van der Waals surface area contributed by atoms with Crippen LogP contribution in [0.25, 0.3) is 0 Å². The number of dihydropyridines is 1. The largest absolute Gasteiger partial charge is 0.416 e. The Morgan fingerprint density at radius 1 is 1.07 bits per heavy atom. The molecule has 27 heavy (non-hydrogen) atoms. The molecule has 2 aromatic carbocycles. The van der Waals surface area contributed by atoms with Crippen molar-refractivity contribution >= 4 is 16.2 Å². The van der Waals surface area contributed by atoms with E-state index >= 15 is 0 Å². The lowest BCUT2D eigenvalue weighted by atomic mass is 9.73. The maximum absolute atomic E-state index is 14.4. The van der Waals surface area contributed by atoms with Crippen LogP contribution < -0.4 is 5.14 Å². The number of nitrogens with two attached hydrogens (primary N) is 1. The first-order valence-electron chi connectivity index (χ1n) is 7.72. The fraction of sp³-hybridized carbons (Fsp3) is 0.167. The van der Waals surface area contributed by atoms with Crippen LogP contribution >= 0.6 is 0 Å². The molecule has 0 saturated heterocycles. The third-order valence-electron chi connectivity index (χ3n) is 4.37. The predicted octanol–water partition coefficient (Wildman–Crippen LogP) is 3.42. The summed E-state index contributed by atoms with van der Waals surface area (Å²) in [6.45, 7) is 0.0406. The van der Waals surface area contributed by atoms with Crippen LogP contribution in [-0.2, 0) is 21.6 Å². The number of hydrogen-bond acceptors (Lipinski definition) is 3. The van der Waals surface area contributed by atoms with Crippen LogP contribution in [0.1, 0.15) is 16.7 Å². The number of benzene rings is 2. The van der Waals surface area contributed by atoms with E-state index in [9.17, 15) is 26.0 Å². The molecule has 0 aromatic heterocycles. The minimum Gasteiger partial charge on any atom is -0.292 e. The molecule has 4 nitrogen and oxygen atoms in total.